The van der Waals surface area contributed by atoms with Gasteiger partial charge in [0.25, 0.3) is 5.91 Å². The van der Waals surface area contributed by atoms with E-state index >= 15 is 0 Å². The average molecular weight is 302 g/mol. The molecular weight excluding hydrogens is 281 g/mol. The van der Waals surface area contributed by atoms with Gasteiger partial charge in [-0.05, 0) is 25.0 Å². The number of nitrogens with one attached hydrogen (secondary N) is 1. The third-order valence-electron chi connectivity index (χ3n) is 3.12. The minimum absolute atomic E-state index is 0.0641. The number of halogens is 3. The summed E-state index contributed by atoms with van der Waals surface area (Å²) in [5.41, 5.74) is -0.912. The molecule has 0 heterocycles. The van der Waals surface area contributed by atoms with Crippen LogP contribution in [0.25, 0.3) is 0 Å². The molecule has 0 saturated carbocycles. The molecule has 1 rings (SSSR count). The van der Waals surface area contributed by atoms with Crippen LogP contribution >= 0.6 is 0 Å². The van der Waals surface area contributed by atoms with Gasteiger partial charge < -0.3 is 10.2 Å². The van der Waals surface area contributed by atoms with Crippen molar-refractivity contribution in [3.05, 3.63) is 29.3 Å². The Labute approximate surface area is 123 Å². The number of anilines is 1. The van der Waals surface area contributed by atoms with E-state index < -0.39 is 11.7 Å². The maximum absolute atomic E-state index is 13.0. The first-order valence-corrected chi connectivity index (χ1v) is 7.04. The number of para-hydroxylation sites is 1. The van der Waals surface area contributed by atoms with Crippen LogP contribution in [0.15, 0.2) is 18.2 Å². The number of rotatable bonds is 6. The van der Waals surface area contributed by atoms with Crippen LogP contribution < -0.4 is 5.32 Å². The lowest BCUT2D eigenvalue weighted by atomic mass is 10.0. The van der Waals surface area contributed by atoms with Gasteiger partial charge in [0.05, 0.1) is 16.8 Å². The van der Waals surface area contributed by atoms with Gasteiger partial charge in [-0.2, -0.15) is 13.2 Å². The summed E-state index contributed by atoms with van der Waals surface area (Å²) in [6.45, 7) is 4.93. The molecule has 3 nitrogen and oxygen atoms in total. The lowest BCUT2D eigenvalue weighted by Gasteiger charge is -2.24. The van der Waals surface area contributed by atoms with E-state index in [1.807, 2.05) is 13.8 Å². The fourth-order valence-corrected chi connectivity index (χ4v) is 2.26. The highest BCUT2D eigenvalue weighted by atomic mass is 19.4. The first kappa shape index (κ1) is 17.3. The van der Waals surface area contributed by atoms with Crippen LogP contribution in [0, 0.1) is 0 Å². The summed E-state index contributed by atoms with van der Waals surface area (Å²) in [5, 5.41) is 2.52. The molecule has 1 aromatic rings. The van der Waals surface area contributed by atoms with Crippen molar-refractivity contribution < 1.29 is 18.0 Å². The molecule has 0 aliphatic heterocycles. The van der Waals surface area contributed by atoms with Crippen molar-refractivity contribution in [3.63, 3.8) is 0 Å². The Morgan fingerprint density at radius 3 is 2.19 bits per heavy atom. The molecule has 0 radical (unpaired) electrons. The molecule has 0 aliphatic carbocycles. The smallest absolute Gasteiger partial charge is 0.387 e. The second-order valence-electron chi connectivity index (χ2n) is 4.77. The summed E-state index contributed by atoms with van der Waals surface area (Å²) in [6.07, 6.45) is -2.96. The summed E-state index contributed by atoms with van der Waals surface area (Å²) in [7, 11) is 1.39. The highest BCUT2D eigenvalue weighted by Crippen LogP contribution is 2.36. The number of carbonyl (C=O) groups is 1. The van der Waals surface area contributed by atoms with E-state index in [0.717, 1.165) is 18.9 Å². The molecule has 0 atom stereocenters. The number of benzene rings is 1. The molecular formula is C15H21F3N2O. The largest absolute Gasteiger partial charge is 0.418 e. The third-order valence-corrected chi connectivity index (χ3v) is 3.12. The molecule has 0 spiro atoms. The molecule has 0 fully saturated rings. The number of nitrogens with zero attached hydrogens (tertiary/aromatic N) is 1. The molecule has 0 bridgehead atoms. The van der Waals surface area contributed by atoms with Crippen molar-refractivity contribution in [3.8, 4) is 0 Å². The predicted octanol–water partition coefficient (Wildman–Crippen LogP) is 4.01. The molecule has 1 N–H and O–H groups in total. The monoisotopic (exact) mass is 302 g/mol. The highest BCUT2D eigenvalue weighted by molar-refractivity contribution is 6.00. The number of carbonyl (C=O) groups excluding carboxylic acids is 1. The molecule has 6 heteroatoms. The quantitative estimate of drug-likeness (QED) is 0.861. The fourth-order valence-electron chi connectivity index (χ4n) is 2.26. The zero-order valence-electron chi connectivity index (χ0n) is 12.5. The highest BCUT2D eigenvalue weighted by Gasteiger charge is 2.35. The molecule has 0 aromatic heterocycles. The molecule has 0 aliphatic rings. The summed E-state index contributed by atoms with van der Waals surface area (Å²) in [5.74, 6) is -0.367. The van der Waals surface area contributed by atoms with Crippen LogP contribution in [0.1, 0.15) is 42.6 Å². The van der Waals surface area contributed by atoms with Gasteiger partial charge in [-0.1, -0.05) is 19.9 Å². The molecule has 1 aromatic carbocycles. The number of amides is 1. The van der Waals surface area contributed by atoms with Crippen molar-refractivity contribution in [2.75, 3.05) is 25.5 Å². The Morgan fingerprint density at radius 2 is 1.76 bits per heavy atom. The van der Waals surface area contributed by atoms with Crippen LogP contribution in [-0.4, -0.2) is 30.9 Å². The summed E-state index contributed by atoms with van der Waals surface area (Å²) >= 11 is 0. The average Bonchev–Trinajstić information content (AvgIpc) is 2.44. The second-order valence-corrected chi connectivity index (χ2v) is 4.77. The number of hydrogen-bond donors (Lipinski definition) is 1. The van der Waals surface area contributed by atoms with Crippen molar-refractivity contribution in [1.82, 2.24) is 4.90 Å². The van der Waals surface area contributed by atoms with E-state index in [0.29, 0.717) is 13.1 Å². The Kier molecular flexibility index (Phi) is 6.05. The van der Waals surface area contributed by atoms with Crippen molar-refractivity contribution in [2.24, 2.45) is 0 Å². The van der Waals surface area contributed by atoms with Gasteiger partial charge in [0.15, 0.2) is 0 Å². The lowest BCUT2D eigenvalue weighted by Crippen LogP contribution is -2.33. The zero-order valence-corrected chi connectivity index (χ0v) is 12.5. The van der Waals surface area contributed by atoms with Gasteiger partial charge >= 0.3 is 6.18 Å². The van der Waals surface area contributed by atoms with Gasteiger partial charge in [-0.15, -0.1) is 0 Å². The molecule has 118 valence electrons. The summed E-state index contributed by atoms with van der Waals surface area (Å²) < 4.78 is 39.0. The van der Waals surface area contributed by atoms with Crippen LogP contribution in [0.4, 0.5) is 18.9 Å². The van der Waals surface area contributed by atoms with E-state index in [2.05, 4.69) is 5.32 Å². The Balaban J connectivity index is 3.26. The first-order valence-electron chi connectivity index (χ1n) is 7.04. The number of hydrogen-bond acceptors (Lipinski definition) is 2. The third kappa shape index (κ3) is 4.12. The van der Waals surface area contributed by atoms with E-state index in [9.17, 15) is 18.0 Å². The maximum Gasteiger partial charge on any atom is 0.418 e. The van der Waals surface area contributed by atoms with Crippen LogP contribution in [0.3, 0.4) is 0 Å². The Bertz CT molecular complexity index is 480. The molecule has 0 saturated heterocycles. The van der Waals surface area contributed by atoms with Crippen molar-refractivity contribution in [2.45, 2.75) is 32.9 Å². The van der Waals surface area contributed by atoms with Gasteiger partial charge in [0.2, 0.25) is 0 Å². The van der Waals surface area contributed by atoms with Gasteiger partial charge in [-0.25, -0.2) is 0 Å². The van der Waals surface area contributed by atoms with Gasteiger partial charge in [0.1, 0.15) is 0 Å². The minimum atomic E-state index is -4.49. The van der Waals surface area contributed by atoms with Crippen LogP contribution in [-0.2, 0) is 6.18 Å². The Morgan fingerprint density at radius 1 is 1.19 bits per heavy atom. The topological polar surface area (TPSA) is 32.3 Å². The zero-order chi connectivity index (χ0) is 16.0. The lowest BCUT2D eigenvalue weighted by molar-refractivity contribution is -0.136. The van der Waals surface area contributed by atoms with E-state index in [1.54, 1.807) is 4.90 Å². The number of alkyl halides is 3. The van der Waals surface area contributed by atoms with E-state index in [-0.39, 0.29) is 17.2 Å². The summed E-state index contributed by atoms with van der Waals surface area (Å²) in [6, 6.07) is 3.68. The summed E-state index contributed by atoms with van der Waals surface area (Å²) in [4.78, 5) is 14.1. The first-order chi connectivity index (χ1) is 9.86. The van der Waals surface area contributed by atoms with Crippen molar-refractivity contribution >= 4 is 11.6 Å². The molecule has 1 amide bonds. The van der Waals surface area contributed by atoms with Crippen molar-refractivity contribution in [1.29, 1.82) is 0 Å². The van der Waals surface area contributed by atoms with Gasteiger partial charge in [0, 0.05) is 20.1 Å². The second kappa shape index (κ2) is 7.33. The molecule has 0 unspecified atom stereocenters. The SMILES string of the molecule is CCCN(CCC)C(=O)c1cccc(C(F)(F)F)c1NC. The van der Waals surface area contributed by atoms with E-state index in [1.165, 1.54) is 19.2 Å². The van der Waals surface area contributed by atoms with Gasteiger partial charge in [-0.3, -0.25) is 4.79 Å². The van der Waals surface area contributed by atoms with Crippen LogP contribution in [0.2, 0.25) is 0 Å². The Hall–Kier alpha value is -1.72. The van der Waals surface area contributed by atoms with Crippen LogP contribution in [0.5, 0.6) is 0 Å². The maximum atomic E-state index is 13.0. The fraction of sp³-hybridized carbons (Fsp3) is 0.533. The predicted molar refractivity (Wildman–Crippen MR) is 77.5 cm³/mol. The normalized spacial score (nSPS) is 11.3. The standard InChI is InChI=1S/C15H21F3N2O/c1-4-9-20(10-5-2)14(21)11-7-6-8-12(13(11)19-3)15(16,17)18/h6-8,19H,4-5,9-10H2,1-3H3. The van der Waals surface area contributed by atoms with E-state index in [4.69, 9.17) is 0 Å². The minimum Gasteiger partial charge on any atom is -0.387 e. The molecule has 21 heavy (non-hydrogen) atoms.